The molecule has 0 radical (unpaired) electrons. The highest BCUT2D eigenvalue weighted by Gasteiger charge is 2.23. The summed E-state index contributed by atoms with van der Waals surface area (Å²) in [6.07, 6.45) is 8.25. The van der Waals surface area contributed by atoms with Gasteiger partial charge in [-0.15, -0.1) is 0 Å². The Hall–Kier alpha value is -2.97. The molecule has 3 rings (SSSR count). The largest absolute Gasteiger partial charge is 0.465 e. The highest BCUT2D eigenvalue weighted by Crippen LogP contribution is 2.27. The molecule has 4 N–H and O–H groups in total. The number of benzene rings is 1. The number of hydrogen-bond acceptors (Lipinski definition) is 4. The molecule has 0 unspecified atom stereocenters. The minimum atomic E-state index is -1.47. The van der Waals surface area contributed by atoms with Crippen molar-refractivity contribution in [3.8, 4) is 0 Å². The summed E-state index contributed by atoms with van der Waals surface area (Å²) in [6, 6.07) is 7.93. The van der Waals surface area contributed by atoms with Crippen molar-refractivity contribution in [1.29, 1.82) is 0 Å². The van der Waals surface area contributed by atoms with Crippen LogP contribution in [0.1, 0.15) is 63.4 Å². The number of amides is 4. The van der Waals surface area contributed by atoms with Crippen LogP contribution in [0.4, 0.5) is 20.1 Å². The topological polar surface area (TPSA) is 122 Å². The lowest BCUT2D eigenvalue weighted by Crippen LogP contribution is -2.47. The quantitative estimate of drug-likeness (QED) is 0.380. The number of nitrogens with one attached hydrogen (secondary N) is 2. The van der Waals surface area contributed by atoms with E-state index in [9.17, 15) is 14.4 Å². The first kappa shape index (κ1) is 25.6. The molecule has 0 aromatic heterocycles. The second-order valence-electron chi connectivity index (χ2n) is 9.45. The first-order chi connectivity index (χ1) is 16.4. The summed E-state index contributed by atoms with van der Waals surface area (Å²) in [7, 11) is 0. The molecular weight excluding hydrogens is 436 g/mol. The number of nitrogens with zero attached hydrogens (tertiary/aromatic N) is 2. The zero-order valence-corrected chi connectivity index (χ0v) is 19.9. The fourth-order valence-corrected chi connectivity index (χ4v) is 4.92. The molecule has 1 saturated heterocycles. The minimum Gasteiger partial charge on any atom is -0.465 e. The summed E-state index contributed by atoms with van der Waals surface area (Å²) < 4.78 is 0. The van der Waals surface area contributed by atoms with Crippen molar-refractivity contribution in [2.75, 3.05) is 31.5 Å². The standard InChI is InChI=1S/C25H38N4O5/c30-23(26-15-4-7-19-5-2-1-3-6-19)28-16-13-22(14-17-28)27-21-10-8-20(9-11-21)12-18-29(24(31)32)25(33)34/h8-11,19,22,27H,1-7,12-18H2,(H,26,30)(H,31,32)(H,33,34). The lowest BCUT2D eigenvalue weighted by Gasteiger charge is -2.33. The van der Waals surface area contributed by atoms with Crippen LogP contribution < -0.4 is 10.6 Å². The molecule has 2 aliphatic rings. The van der Waals surface area contributed by atoms with Crippen LogP contribution in [-0.4, -0.2) is 70.5 Å². The monoisotopic (exact) mass is 474 g/mol. The van der Waals surface area contributed by atoms with Gasteiger partial charge in [-0.3, -0.25) is 0 Å². The van der Waals surface area contributed by atoms with Crippen molar-refractivity contribution >= 4 is 23.9 Å². The van der Waals surface area contributed by atoms with Gasteiger partial charge in [0, 0.05) is 37.9 Å². The Morgan fingerprint density at radius 1 is 0.941 bits per heavy atom. The van der Waals surface area contributed by atoms with Gasteiger partial charge in [0.1, 0.15) is 0 Å². The van der Waals surface area contributed by atoms with E-state index in [2.05, 4.69) is 10.6 Å². The molecule has 1 aromatic rings. The molecule has 1 aromatic carbocycles. The molecule has 188 valence electrons. The second-order valence-corrected chi connectivity index (χ2v) is 9.45. The van der Waals surface area contributed by atoms with Crippen LogP contribution >= 0.6 is 0 Å². The molecule has 1 aliphatic carbocycles. The lowest BCUT2D eigenvalue weighted by molar-refractivity contribution is 0.123. The Morgan fingerprint density at radius 3 is 2.21 bits per heavy atom. The normalized spacial score (nSPS) is 17.2. The average molecular weight is 475 g/mol. The molecule has 1 saturated carbocycles. The van der Waals surface area contributed by atoms with Crippen LogP contribution in [0.15, 0.2) is 24.3 Å². The van der Waals surface area contributed by atoms with Gasteiger partial charge in [-0.05, 0) is 55.7 Å². The third kappa shape index (κ3) is 8.11. The van der Waals surface area contributed by atoms with Gasteiger partial charge in [0.25, 0.3) is 0 Å². The third-order valence-electron chi connectivity index (χ3n) is 6.98. The average Bonchev–Trinajstić information content (AvgIpc) is 2.83. The van der Waals surface area contributed by atoms with Gasteiger partial charge in [0.15, 0.2) is 0 Å². The summed E-state index contributed by atoms with van der Waals surface area (Å²) >= 11 is 0. The summed E-state index contributed by atoms with van der Waals surface area (Å²) in [5.41, 5.74) is 1.83. The van der Waals surface area contributed by atoms with E-state index in [0.717, 1.165) is 56.1 Å². The summed E-state index contributed by atoms with van der Waals surface area (Å²) in [5, 5.41) is 24.4. The van der Waals surface area contributed by atoms with Crippen molar-refractivity contribution in [1.82, 2.24) is 15.1 Å². The molecule has 4 amide bonds. The number of anilines is 1. The zero-order chi connectivity index (χ0) is 24.3. The molecule has 9 heteroatoms. The van der Waals surface area contributed by atoms with Crippen molar-refractivity contribution < 1.29 is 24.6 Å². The van der Waals surface area contributed by atoms with Crippen molar-refractivity contribution in [2.45, 2.75) is 70.3 Å². The summed E-state index contributed by atoms with van der Waals surface area (Å²) in [4.78, 5) is 36.6. The van der Waals surface area contributed by atoms with Crippen LogP contribution in [0.2, 0.25) is 0 Å². The van der Waals surface area contributed by atoms with Crippen LogP contribution in [0, 0.1) is 5.92 Å². The predicted octanol–water partition coefficient (Wildman–Crippen LogP) is 4.83. The molecule has 0 bridgehead atoms. The van der Waals surface area contributed by atoms with Gasteiger partial charge < -0.3 is 25.7 Å². The van der Waals surface area contributed by atoms with Gasteiger partial charge in [-0.25, -0.2) is 19.3 Å². The molecule has 9 nitrogen and oxygen atoms in total. The van der Waals surface area contributed by atoms with E-state index < -0.39 is 12.2 Å². The second kappa shape index (κ2) is 13.1. The van der Waals surface area contributed by atoms with E-state index >= 15 is 0 Å². The van der Waals surface area contributed by atoms with Crippen LogP contribution in [0.3, 0.4) is 0 Å². The molecule has 2 fully saturated rings. The summed E-state index contributed by atoms with van der Waals surface area (Å²) in [6.45, 7) is 2.12. The Balaban J connectivity index is 1.32. The fraction of sp³-hybridized carbons (Fsp3) is 0.640. The number of piperidine rings is 1. The number of carbonyl (C=O) groups is 3. The van der Waals surface area contributed by atoms with Crippen molar-refractivity contribution in [2.24, 2.45) is 5.92 Å². The van der Waals surface area contributed by atoms with Crippen molar-refractivity contribution in [3.05, 3.63) is 29.8 Å². The van der Waals surface area contributed by atoms with E-state index in [4.69, 9.17) is 10.2 Å². The van der Waals surface area contributed by atoms with Gasteiger partial charge in [0.2, 0.25) is 0 Å². The minimum absolute atomic E-state index is 0.0446. The van der Waals surface area contributed by atoms with E-state index in [1.807, 2.05) is 29.2 Å². The number of carboxylic acid groups (broad SMARTS) is 2. The van der Waals surface area contributed by atoms with Gasteiger partial charge in [-0.1, -0.05) is 44.2 Å². The summed E-state index contributed by atoms with van der Waals surface area (Å²) in [5.74, 6) is 0.853. The molecular formula is C25H38N4O5. The number of likely N-dealkylation sites (tertiary alicyclic amines) is 1. The Bertz CT molecular complexity index is 788. The first-order valence-electron chi connectivity index (χ1n) is 12.5. The van der Waals surface area contributed by atoms with Crippen LogP contribution in [0.25, 0.3) is 0 Å². The zero-order valence-electron chi connectivity index (χ0n) is 19.9. The molecule has 0 atom stereocenters. The van der Waals surface area contributed by atoms with Crippen LogP contribution in [-0.2, 0) is 6.42 Å². The molecule has 34 heavy (non-hydrogen) atoms. The van der Waals surface area contributed by atoms with E-state index in [-0.39, 0.29) is 18.6 Å². The highest BCUT2D eigenvalue weighted by molar-refractivity contribution is 5.85. The number of urea groups is 1. The number of hydrogen-bond donors (Lipinski definition) is 4. The van der Waals surface area contributed by atoms with E-state index in [1.165, 1.54) is 38.5 Å². The van der Waals surface area contributed by atoms with Crippen molar-refractivity contribution in [3.63, 3.8) is 0 Å². The first-order valence-corrected chi connectivity index (χ1v) is 12.5. The molecule has 1 aliphatic heterocycles. The Labute approximate surface area is 201 Å². The smallest absolute Gasteiger partial charge is 0.416 e. The number of imide groups is 1. The maximum atomic E-state index is 12.5. The SMILES string of the molecule is O=C(NCCCC1CCCCC1)N1CCC(Nc2ccc(CCN(C(=O)O)C(=O)O)cc2)CC1. The van der Waals surface area contributed by atoms with Crippen LogP contribution in [0.5, 0.6) is 0 Å². The third-order valence-corrected chi connectivity index (χ3v) is 6.98. The predicted molar refractivity (Wildman–Crippen MR) is 130 cm³/mol. The lowest BCUT2D eigenvalue weighted by atomic mass is 9.86. The highest BCUT2D eigenvalue weighted by atomic mass is 16.4. The van der Waals surface area contributed by atoms with E-state index in [1.54, 1.807) is 0 Å². The molecule has 1 heterocycles. The maximum Gasteiger partial charge on any atom is 0.416 e. The number of rotatable bonds is 9. The Kier molecular flexibility index (Phi) is 9.85. The van der Waals surface area contributed by atoms with Gasteiger partial charge in [0.05, 0.1) is 0 Å². The fourth-order valence-electron chi connectivity index (χ4n) is 4.92. The van der Waals surface area contributed by atoms with Gasteiger partial charge in [-0.2, -0.15) is 0 Å². The molecule has 0 spiro atoms. The number of carbonyl (C=O) groups excluding carboxylic acids is 1. The van der Waals surface area contributed by atoms with Gasteiger partial charge >= 0.3 is 18.2 Å². The Morgan fingerprint density at radius 2 is 1.59 bits per heavy atom. The maximum absolute atomic E-state index is 12.5. The van der Waals surface area contributed by atoms with E-state index in [0.29, 0.717) is 11.3 Å².